The Morgan fingerprint density at radius 1 is 1.29 bits per heavy atom. The fourth-order valence-corrected chi connectivity index (χ4v) is 3.80. The van der Waals surface area contributed by atoms with Gasteiger partial charge in [0, 0.05) is 18.0 Å². The fourth-order valence-electron chi connectivity index (χ4n) is 3.80. The number of rotatable bonds is 3. The van der Waals surface area contributed by atoms with Gasteiger partial charge in [0.05, 0.1) is 5.69 Å². The van der Waals surface area contributed by atoms with Gasteiger partial charge in [-0.3, -0.25) is 4.68 Å². The molecule has 2 N–H and O–H groups in total. The van der Waals surface area contributed by atoms with Crippen molar-refractivity contribution >= 4 is 5.82 Å². The van der Waals surface area contributed by atoms with Gasteiger partial charge in [0.15, 0.2) is 0 Å². The van der Waals surface area contributed by atoms with E-state index in [1.54, 1.807) is 0 Å². The third-order valence-electron chi connectivity index (χ3n) is 5.14. The lowest BCUT2D eigenvalue weighted by atomic mass is 9.77. The van der Waals surface area contributed by atoms with Crippen LogP contribution in [-0.4, -0.2) is 9.78 Å². The Bertz CT molecular complexity index is 648. The average molecular weight is 283 g/mol. The maximum Gasteiger partial charge on any atom is 0.129 e. The van der Waals surface area contributed by atoms with Crippen LogP contribution in [0.4, 0.5) is 5.82 Å². The Labute approximate surface area is 127 Å². The molecule has 0 bridgehead atoms. The maximum absolute atomic E-state index is 6.37. The number of aromatic nitrogens is 2. The Kier molecular flexibility index (Phi) is 3.52. The minimum absolute atomic E-state index is 0.217. The van der Waals surface area contributed by atoms with Crippen LogP contribution in [0.1, 0.15) is 50.3 Å². The summed E-state index contributed by atoms with van der Waals surface area (Å²) in [5, 5.41) is 4.83. The second kappa shape index (κ2) is 5.21. The van der Waals surface area contributed by atoms with Crippen molar-refractivity contribution < 1.29 is 0 Å². The van der Waals surface area contributed by atoms with E-state index in [-0.39, 0.29) is 5.41 Å². The number of benzene rings is 1. The monoisotopic (exact) mass is 283 g/mol. The summed E-state index contributed by atoms with van der Waals surface area (Å²) in [5.41, 5.74) is 11.4. The first-order valence-electron chi connectivity index (χ1n) is 7.97. The van der Waals surface area contributed by atoms with Crippen molar-refractivity contribution in [2.75, 3.05) is 5.73 Å². The van der Waals surface area contributed by atoms with Crippen molar-refractivity contribution in [3.05, 3.63) is 35.5 Å². The zero-order valence-electron chi connectivity index (χ0n) is 13.3. The van der Waals surface area contributed by atoms with E-state index in [0.29, 0.717) is 0 Å². The minimum atomic E-state index is 0.217. The smallest absolute Gasteiger partial charge is 0.129 e. The Hall–Kier alpha value is -1.77. The molecule has 0 unspecified atom stereocenters. The zero-order valence-corrected chi connectivity index (χ0v) is 13.3. The fraction of sp³-hybridized carbons (Fsp3) is 0.500. The van der Waals surface area contributed by atoms with Crippen molar-refractivity contribution in [2.45, 2.75) is 51.4 Å². The molecule has 0 saturated heterocycles. The molecule has 1 aromatic carbocycles. The van der Waals surface area contributed by atoms with Gasteiger partial charge in [0.2, 0.25) is 0 Å². The van der Waals surface area contributed by atoms with Crippen LogP contribution in [0.2, 0.25) is 0 Å². The van der Waals surface area contributed by atoms with E-state index in [4.69, 9.17) is 10.8 Å². The van der Waals surface area contributed by atoms with E-state index in [2.05, 4.69) is 38.1 Å². The number of hydrogen-bond donors (Lipinski definition) is 1. The Balaban J connectivity index is 2.20. The van der Waals surface area contributed by atoms with Gasteiger partial charge in [-0.2, -0.15) is 5.10 Å². The second-order valence-electron chi connectivity index (χ2n) is 6.44. The summed E-state index contributed by atoms with van der Waals surface area (Å²) in [6.45, 7) is 4.41. The molecule has 112 valence electrons. The average Bonchev–Trinajstić information content (AvgIpc) is 3.06. The lowest BCUT2D eigenvalue weighted by molar-refractivity contribution is 0.408. The predicted molar refractivity (Wildman–Crippen MR) is 88.2 cm³/mol. The Morgan fingerprint density at radius 2 is 2.00 bits per heavy atom. The van der Waals surface area contributed by atoms with Crippen molar-refractivity contribution in [3.8, 4) is 11.1 Å². The third kappa shape index (κ3) is 2.25. The molecule has 0 amide bonds. The van der Waals surface area contributed by atoms with E-state index >= 15 is 0 Å². The SMILES string of the molecule is CCC1(c2nn(C)c(N)c2-c2cccc(C)c2)CCCC1. The lowest BCUT2D eigenvalue weighted by Crippen LogP contribution is -2.22. The van der Waals surface area contributed by atoms with Gasteiger partial charge in [-0.1, -0.05) is 49.6 Å². The van der Waals surface area contributed by atoms with Gasteiger partial charge in [-0.15, -0.1) is 0 Å². The zero-order chi connectivity index (χ0) is 15.0. The standard InChI is InChI=1S/C18H25N3/c1-4-18(10-5-6-11-18)16-15(17(19)21(3)20-16)14-9-7-8-13(2)12-14/h7-9,12H,4-6,10-11,19H2,1-3H3. The van der Waals surface area contributed by atoms with Crippen molar-refractivity contribution in [2.24, 2.45) is 7.05 Å². The van der Waals surface area contributed by atoms with E-state index in [1.165, 1.54) is 42.5 Å². The molecule has 0 radical (unpaired) electrons. The van der Waals surface area contributed by atoms with Crippen molar-refractivity contribution in [1.82, 2.24) is 9.78 Å². The predicted octanol–water partition coefficient (Wildman–Crippen LogP) is 4.20. The normalized spacial score (nSPS) is 17.3. The third-order valence-corrected chi connectivity index (χ3v) is 5.14. The van der Waals surface area contributed by atoms with Crippen LogP contribution < -0.4 is 5.73 Å². The number of anilines is 1. The minimum Gasteiger partial charge on any atom is -0.383 e. The van der Waals surface area contributed by atoms with Gasteiger partial charge in [-0.25, -0.2) is 0 Å². The highest BCUT2D eigenvalue weighted by molar-refractivity contribution is 5.78. The molecule has 1 aliphatic carbocycles. The van der Waals surface area contributed by atoms with Crippen LogP contribution in [0.25, 0.3) is 11.1 Å². The van der Waals surface area contributed by atoms with Crippen LogP contribution in [-0.2, 0) is 12.5 Å². The first kappa shape index (κ1) is 14.2. The summed E-state index contributed by atoms with van der Waals surface area (Å²) >= 11 is 0. The summed E-state index contributed by atoms with van der Waals surface area (Å²) in [7, 11) is 1.95. The summed E-state index contributed by atoms with van der Waals surface area (Å²) in [4.78, 5) is 0. The lowest BCUT2D eigenvalue weighted by Gasteiger charge is -2.26. The molecule has 21 heavy (non-hydrogen) atoms. The molecule has 1 saturated carbocycles. The number of nitrogen functional groups attached to an aromatic ring is 1. The van der Waals surface area contributed by atoms with E-state index in [1.807, 2.05) is 11.7 Å². The van der Waals surface area contributed by atoms with Gasteiger partial charge >= 0.3 is 0 Å². The largest absolute Gasteiger partial charge is 0.383 e. The molecular formula is C18H25N3. The highest BCUT2D eigenvalue weighted by Gasteiger charge is 2.39. The maximum atomic E-state index is 6.37. The number of nitrogens with zero attached hydrogens (tertiary/aromatic N) is 2. The highest BCUT2D eigenvalue weighted by Crippen LogP contribution is 2.47. The van der Waals surface area contributed by atoms with Crippen molar-refractivity contribution in [3.63, 3.8) is 0 Å². The molecule has 0 aliphatic heterocycles. The van der Waals surface area contributed by atoms with Crippen LogP contribution in [0.15, 0.2) is 24.3 Å². The van der Waals surface area contributed by atoms with Crippen LogP contribution >= 0.6 is 0 Å². The Morgan fingerprint density at radius 3 is 2.62 bits per heavy atom. The van der Waals surface area contributed by atoms with Crippen LogP contribution in [0.5, 0.6) is 0 Å². The molecule has 1 heterocycles. The molecule has 3 rings (SSSR count). The number of aryl methyl sites for hydroxylation is 2. The summed E-state index contributed by atoms with van der Waals surface area (Å²) in [5.74, 6) is 0.787. The number of nitrogens with two attached hydrogens (primary N) is 1. The van der Waals surface area contributed by atoms with Gasteiger partial charge in [-0.05, 0) is 31.7 Å². The summed E-state index contributed by atoms with van der Waals surface area (Å²) in [6.07, 6.45) is 6.22. The molecule has 1 aromatic heterocycles. The molecule has 2 aromatic rings. The van der Waals surface area contributed by atoms with E-state index in [9.17, 15) is 0 Å². The first-order valence-corrected chi connectivity index (χ1v) is 7.97. The number of hydrogen-bond acceptors (Lipinski definition) is 2. The molecule has 1 fully saturated rings. The van der Waals surface area contributed by atoms with Gasteiger partial charge in [0.25, 0.3) is 0 Å². The molecule has 0 atom stereocenters. The van der Waals surface area contributed by atoms with Crippen molar-refractivity contribution in [1.29, 1.82) is 0 Å². The highest BCUT2D eigenvalue weighted by atomic mass is 15.3. The molecule has 0 spiro atoms. The first-order chi connectivity index (χ1) is 10.1. The summed E-state index contributed by atoms with van der Waals surface area (Å²) < 4.78 is 1.85. The van der Waals surface area contributed by atoms with Crippen LogP contribution in [0.3, 0.4) is 0 Å². The molecule has 3 nitrogen and oxygen atoms in total. The quantitative estimate of drug-likeness (QED) is 0.917. The van der Waals surface area contributed by atoms with Crippen LogP contribution in [0, 0.1) is 6.92 Å². The van der Waals surface area contributed by atoms with Gasteiger partial charge in [0.1, 0.15) is 5.82 Å². The second-order valence-corrected chi connectivity index (χ2v) is 6.44. The van der Waals surface area contributed by atoms with Gasteiger partial charge < -0.3 is 5.73 Å². The summed E-state index contributed by atoms with van der Waals surface area (Å²) in [6, 6.07) is 8.60. The van der Waals surface area contributed by atoms with E-state index in [0.717, 1.165) is 17.8 Å². The molecular weight excluding hydrogens is 258 g/mol. The topological polar surface area (TPSA) is 43.8 Å². The van der Waals surface area contributed by atoms with E-state index < -0.39 is 0 Å². The molecule has 1 aliphatic rings. The molecule has 3 heteroatoms.